The summed E-state index contributed by atoms with van der Waals surface area (Å²) in [5.74, 6) is -0.838. The molecule has 0 aliphatic heterocycles. The first kappa shape index (κ1) is 21.2. The van der Waals surface area contributed by atoms with Crippen LogP contribution < -0.4 is 0 Å². The third-order valence-corrected chi connectivity index (χ3v) is 5.40. The van der Waals surface area contributed by atoms with Crippen molar-refractivity contribution < 1.29 is 14.6 Å². The Bertz CT molecular complexity index is 1120. The summed E-state index contributed by atoms with van der Waals surface area (Å²) in [6.07, 6.45) is 0. The maximum atomic E-state index is 12.3. The van der Waals surface area contributed by atoms with Crippen molar-refractivity contribution in [2.24, 2.45) is 0 Å². The van der Waals surface area contributed by atoms with E-state index in [2.05, 4.69) is 11.1 Å². The number of hydrogen-bond donors (Lipinski definition) is 1. The maximum absolute atomic E-state index is 12.3. The topological polar surface area (TPSA) is 83.2 Å². The van der Waals surface area contributed by atoms with Crippen LogP contribution >= 0.6 is 11.8 Å². The number of nitrogens with zero attached hydrogens (tertiary/aromatic N) is 2. The number of esters is 1. The summed E-state index contributed by atoms with van der Waals surface area (Å²) in [6.45, 7) is 3.27. The van der Waals surface area contributed by atoms with E-state index >= 15 is 0 Å². The van der Waals surface area contributed by atoms with Gasteiger partial charge in [0.05, 0.1) is 17.9 Å². The molecular weight excluding hydrogens is 396 g/mol. The minimum atomic E-state index is -0.653. The van der Waals surface area contributed by atoms with Crippen LogP contribution in [0.3, 0.4) is 0 Å². The van der Waals surface area contributed by atoms with Gasteiger partial charge in [0.1, 0.15) is 21.8 Å². The number of thioether (sulfide) groups is 1. The van der Waals surface area contributed by atoms with Gasteiger partial charge in [0.15, 0.2) is 0 Å². The Kier molecular flexibility index (Phi) is 6.89. The molecule has 3 aromatic rings. The largest absolute Gasteiger partial charge is 0.511 e. The van der Waals surface area contributed by atoms with Crippen LogP contribution in [-0.4, -0.2) is 22.7 Å². The number of hydrogen-bond acceptors (Lipinski definition) is 6. The van der Waals surface area contributed by atoms with E-state index in [-0.39, 0.29) is 17.3 Å². The number of rotatable bonds is 6. The molecule has 0 bridgehead atoms. The molecular formula is C24H20N2O3S. The number of benzene rings is 2. The van der Waals surface area contributed by atoms with Crippen molar-refractivity contribution in [3.8, 4) is 28.5 Å². The van der Waals surface area contributed by atoms with Gasteiger partial charge < -0.3 is 9.84 Å². The smallest absolute Gasteiger partial charge is 0.348 e. The molecule has 5 nitrogen and oxygen atoms in total. The van der Waals surface area contributed by atoms with Crippen LogP contribution in [-0.2, 0) is 9.53 Å². The molecule has 0 atom stereocenters. The van der Waals surface area contributed by atoms with Crippen molar-refractivity contribution >= 4 is 17.7 Å². The van der Waals surface area contributed by atoms with Crippen molar-refractivity contribution in [3.05, 3.63) is 83.0 Å². The molecule has 0 unspecified atom stereocenters. The lowest BCUT2D eigenvalue weighted by atomic mass is 9.99. The van der Waals surface area contributed by atoms with Gasteiger partial charge in [-0.1, -0.05) is 72.4 Å². The van der Waals surface area contributed by atoms with Gasteiger partial charge in [-0.05, 0) is 25.5 Å². The van der Waals surface area contributed by atoms with Crippen molar-refractivity contribution in [2.45, 2.75) is 18.9 Å². The molecule has 1 aromatic heterocycles. The zero-order valence-electron chi connectivity index (χ0n) is 16.6. The highest BCUT2D eigenvalue weighted by molar-refractivity contribution is 8.04. The van der Waals surface area contributed by atoms with Crippen LogP contribution in [0, 0.1) is 11.3 Å². The zero-order chi connectivity index (χ0) is 21.5. The van der Waals surface area contributed by atoms with E-state index in [1.165, 1.54) is 6.92 Å². The van der Waals surface area contributed by atoms with Crippen molar-refractivity contribution in [1.82, 2.24) is 4.98 Å². The van der Waals surface area contributed by atoms with Crippen LogP contribution in [0.1, 0.15) is 19.4 Å². The summed E-state index contributed by atoms with van der Waals surface area (Å²) < 4.78 is 5.05. The first-order valence-electron chi connectivity index (χ1n) is 9.36. The summed E-state index contributed by atoms with van der Waals surface area (Å²) in [5.41, 5.74) is 3.43. The molecule has 3 rings (SSSR count). The third kappa shape index (κ3) is 4.70. The van der Waals surface area contributed by atoms with Gasteiger partial charge in [0.25, 0.3) is 0 Å². The van der Waals surface area contributed by atoms with Crippen LogP contribution in [0.25, 0.3) is 22.4 Å². The minimum absolute atomic E-state index is 0.00470. The van der Waals surface area contributed by atoms with Gasteiger partial charge in [0.2, 0.25) is 0 Å². The minimum Gasteiger partial charge on any atom is -0.511 e. The fourth-order valence-corrected chi connectivity index (χ4v) is 3.75. The number of aromatic nitrogens is 1. The second kappa shape index (κ2) is 9.77. The van der Waals surface area contributed by atoms with E-state index in [0.29, 0.717) is 21.8 Å². The second-order valence-corrected chi connectivity index (χ2v) is 7.32. The quantitative estimate of drug-likeness (QED) is 0.239. The monoisotopic (exact) mass is 416 g/mol. The van der Waals surface area contributed by atoms with Gasteiger partial charge >= 0.3 is 5.97 Å². The molecule has 0 aliphatic rings. The predicted molar refractivity (Wildman–Crippen MR) is 118 cm³/mol. The van der Waals surface area contributed by atoms with Gasteiger partial charge in [-0.2, -0.15) is 5.26 Å². The lowest BCUT2D eigenvalue weighted by molar-refractivity contribution is -0.137. The number of pyridine rings is 1. The Morgan fingerprint density at radius 1 is 1.10 bits per heavy atom. The Hall–Kier alpha value is -3.56. The Morgan fingerprint density at radius 2 is 1.70 bits per heavy atom. The van der Waals surface area contributed by atoms with E-state index in [0.717, 1.165) is 22.9 Å². The zero-order valence-corrected chi connectivity index (χ0v) is 17.4. The molecule has 1 N–H and O–H groups in total. The Morgan fingerprint density at radius 3 is 2.23 bits per heavy atom. The van der Waals surface area contributed by atoms with E-state index in [1.54, 1.807) is 6.92 Å². The molecule has 0 radical (unpaired) electrons. The lowest BCUT2D eigenvalue weighted by Gasteiger charge is -2.14. The van der Waals surface area contributed by atoms with E-state index in [4.69, 9.17) is 4.74 Å². The molecule has 150 valence electrons. The number of aliphatic hydroxyl groups excluding tert-OH is 1. The van der Waals surface area contributed by atoms with Crippen molar-refractivity contribution in [1.29, 1.82) is 5.26 Å². The number of aliphatic hydroxyl groups is 1. The van der Waals surface area contributed by atoms with Crippen molar-refractivity contribution in [3.63, 3.8) is 0 Å². The van der Waals surface area contributed by atoms with Gasteiger partial charge in [0, 0.05) is 11.1 Å². The molecule has 0 saturated heterocycles. The lowest BCUT2D eigenvalue weighted by Crippen LogP contribution is -2.08. The fourth-order valence-electron chi connectivity index (χ4n) is 2.86. The fraction of sp³-hybridized carbons (Fsp3) is 0.125. The van der Waals surface area contributed by atoms with Gasteiger partial charge in [-0.25, -0.2) is 9.78 Å². The number of carbonyl (C=O) groups is 1. The third-order valence-electron chi connectivity index (χ3n) is 4.24. The van der Waals surface area contributed by atoms with Crippen LogP contribution in [0.2, 0.25) is 0 Å². The number of nitriles is 1. The predicted octanol–water partition coefficient (Wildman–Crippen LogP) is 5.73. The summed E-state index contributed by atoms with van der Waals surface area (Å²) in [4.78, 5) is 17.0. The van der Waals surface area contributed by atoms with Gasteiger partial charge in [-0.3, -0.25) is 0 Å². The summed E-state index contributed by atoms with van der Waals surface area (Å²) in [7, 11) is 0. The summed E-state index contributed by atoms with van der Waals surface area (Å²) in [6, 6.07) is 23.2. The standard InChI is InChI=1S/C24H20N2O3S/c1-3-29-24(28)22(16(2)27)30-23-20(15-25)19(17-10-6-4-7-11-17)14-21(26-23)18-12-8-5-9-13-18/h4-14,27H,3H2,1-2H3/b22-16+. The van der Waals surface area contributed by atoms with E-state index in [1.807, 2.05) is 66.7 Å². The van der Waals surface area contributed by atoms with Crippen LogP contribution in [0.15, 0.2) is 82.4 Å². The molecule has 30 heavy (non-hydrogen) atoms. The maximum Gasteiger partial charge on any atom is 0.348 e. The molecule has 1 heterocycles. The van der Waals surface area contributed by atoms with Crippen molar-refractivity contribution in [2.75, 3.05) is 6.61 Å². The highest BCUT2D eigenvalue weighted by Crippen LogP contribution is 2.37. The highest BCUT2D eigenvalue weighted by atomic mass is 32.2. The molecule has 6 heteroatoms. The molecule has 0 fully saturated rings. The highest BCUT2D eigenvalue weighted by Gasteiger charge is 2.22. The van der Waals surface area contributed by atoms with E-state index in [9.17, 15) is 15.2 Å². The average molecular weight is 417 g/mol. The van der Waals surface area contributed by atoms with Crippen LogP contribution in [0.4, 0.5) is 0 Å². The molecule has 0 aliphatic carbocycles. The first-order chi connectivity index (χ1) is 14.5. The normalized spacial score (nSPS) is 11.4. The summed E-state index contributed by atoms with van der Waals surface area (Å²) >= 11 is 0.935. The number of ether oxygens (including phenoxy) is 1. The number of carbonyl (C=O) groups excluding carboxylic acids is 1. The number of allylic oxidation sites excluding steroid dienone is 1. The Labute approximate surface area is 179 Å². The molecule has 0 saturated carbocycles. The SMILES string of the molecule is CCOC(=O)/C(Sc1nc(-c2ccccc2)cc(-c2ccccc2)c1C#N)=C(/C)O. The van der Waals surface area contributed by atoms with Crippen LogP contribution in [0.5, 0.6) is 0 Å². The molecule has 0 spiro atoms. The van der Waals surface area contributed by atoms with E-state index < -0.39 is 5.97 Å². The Balaban J connectivity index is 2.22. The summed E-state index contributed by atoms with van der Waals surface area (Å²) in [5, 5.41) is 20.3. The average Bonchev–Trinajstić information content (AvgIpc) is 2.78. The van der Waals surface area contributed by atoms with Gasteiger partial charge in [-0.15, -0.1) is 0 Å². The molecule has 0 amide bonds. The first-order valence-corrected chi connectivity index (χ1v) is 10.2. The second-order valence-electron chi connectivity index (χ2n) is 6.32. The molecule has 2 aromatic carbocycles.